The van der Waals surface area contributed by atoms with Crippen LogP contribution in [-0.4, -0.2) is 47.7 Å². The minimum atomic E-state index is -1.06. The van der Waals surface area contributed by atoms with Crippen molar-refractivity contribution in [3.8, 4) is 0 Å². The molecule has 2 rings (SSSR count). The monoisotopic (exact) mass is 317 g/mol. The standard InChI is InChI=1S/C13H13Cl2NO4/c14-9-2-1-8(10(15)6-9)5-12(17)16-3-4-20-11(7-16)13(18)19/h1-2,6,11H,3-5,7H2,(H,18,19)/t11-/m1/s1. The van der Waals surface area contributed by atoms with Crippen molar-refractivity contribution in [2.45, 2.75) is 12.5 Å². The van der Waals surface area contributed by atoms with Gasteiger partial charge in [-0.1, -0.05) is 29.3 Å². The van der Waals surface area contributed by atoms with E-state index in [1.807, 2.05) is 0 Å². The maximum Gasteiger partial charge on any atom is 0.334 e. The number of halogens is 2. The lowest BCUT2D eigenvalue weighted by molar-refractivity contribution is -0.159. The molecule has 1 fully saturated rings. The number of amides is 1. The molecule has 0 spiro atoms. The SMILES string of the molecule is O=C(O)[C@H]1CN(C(=O)Cc2ccc(Cl)cc2Cl)CCO1. The van der Waals surface area contributed by atoms with E-state index in [1.165, 1.54) is 4.90 Å². The van der Waals surface area contributed by atoms with Crippen molar-refractivity contribution in [1.82, 2.24) is 4.90 Å². The molecular weight excluding hydrogens is 305 g/mol. The van der Waals surface area contributed by atoms with E-state index in [0.717, 1.165) is 0 Å². The molecule has 0 saturated carbocycles. The number of carbonyl (C=O) groups is 2. The van der Waals surface area contributed by atoms with Gasteiger partial charge in [0.1, 0.15) is 0 Å². The zero-order chi connectivity index (χ0) is 14.7. The Hall–Kier alpha value is -1.30. The Bertz CT molecular complexity index is 535. The minimum absolute atomic E-state index is 0.0549. The number of benzene rings is 1. The van der Waals surface area contributed by atoms with Crippen molar-refractivity contribution in [2.24, 2.45) is 0 Å². The molecule has 1 aromatic carbocycles. The van der Waals surface area contributed by atoms with Crippen molar-refractivity contribution >= 4 is 35.1 Å². The number of hydrogen-bond donors (Lipinski definition) is 1. The Morgan fingerprint density at radius 1 is 1.40 bits per heavy atom. The van der Waals surface area contributed by atoms with Gasteiger partial charge in [0.15, 0.2) is 6.10 Å². The van der Waals surface area contributed by atoms with E-state index >= 15 is 0 Å². The predicted octanol–water partition coefficient (Wildman–Crippen LogP) is 1.85. The molecule has 1 saturated heterocycles. The quantitative estimate of drug-likeness (QED) is 0.923. The van der Waals surface area contributed by atoms with Gasteiger partial charge in [-0.2, -0.15) is 0 Å². The highest BCUT2D eigenvalue weighted by molar-refractivity contribution is 6.35. The number of carboxylic acid groups (broad SMARTS) is 1. The number of ether oxygens (including phenoxy) is 1. The van der Waals surface area contributed by atoms with Gasteiger partial charge in [0.2, 0.25) is 5.91 Å². The molecule has 20 heavy (non-hydrogen) atoms. The molecule has 108 valence electrons. The van der Waals surface area contributed by atoms with Gasteiger partial charge < -0.3 is 14.7 Å². The van der Waals surface area contributed by atoms with Gasteiger partial charge in [0.25, 0.3) is 0 Å². The first-order chi connectivity index (χ1) is 9.47. The van der Waals surface area contributed by atoms with Crippen LogP contribution >= 0.6 is 23.2 Å². The molecule has 0 unspecified atom stereocenters. The van der Waals surface area contributed by atoms with Gasteiger partial charge in [-0.3, -0.25) is 4.79 Å². The lowest BCUT2D eigenvalue weighted by Gasteiger charge is -2.31. The van der Waals surface area contributed by atoms with Crippen LogP contribution in [0.15, 0.2) is 18.2 Å². The normalized spacial score (nSPS) is 18.9. The number of rotatable bonds is 3. The highest BCUT2D eigenvalue weighted by Crippen LogP contribution is 2.22. The van der Waals surface area contributed by atoms with E-state index in [-0.39, 0.29) is 25.5 Å². The summed E-state index contributed by atoms with van der Waals surface area (Å²) in [5.41, 5.74) is 0.666. The molecule has 7 heteroatoms. The van der Waals surface area contributed by atoms with E-state index in [9.17, 15) is 9.59 Å². The Balaban J connectivity index is 2.02. The third-order valence-corrected chi connectivity index (χ3v) is 3.64. The Morgan fingerprint density at radius 3 is 2.80 bits per heavy atom. The van der Waals surface area contributed by atoms with Crippen molar-refractivity contribution < 1.29 is 19.4 Å². The highest BCUT2D eigenvalue weighted by atomic mass is 35.5. The van der Waals surface area contributed by atoms with E-state index in [4.69, 9.17) is 33.0 Å². The highest BCUT2D eigenvalue weighted by Gasteiger charge is 2.29. The number of aliphatic carboxylic acids is 1. The summed E-state index contributed by atoms with van der Waals surface area (Å²) in [5, 5.41) is 9.83. The summed E-state index contributed by atoms with van der Waals surface area (Å²) in [7, 11) is 0. The van der Waals surface area contributed by atoms with Crippen LogP contribution in [0.2, 0.25) is 10.0 Å². The first-order valence-electron chi connectivity index (χ1n) is 6.03. The Morgan fingerprint density at radius 2 is 2.15 bits per heavy atom. The summed E-state index contributed by atoms with van der Waals surface area (Å²) in [6, 6.07) is 4.93. The molecule has 1 N–H and O–H groups in total. The summed E-state index contributed by atoms with van der Waals surface area (Å²) in [6.07, 6.45) is -0.851. The smallest absolute Gasteiger partial charge is 0.334 e. The first-order valence-corrected chi connectivity index (χ1v) is 6.79. The molecule has 0 radical (unpaired) electrons. The van der Waals surface area contributed by atoms with E-state index in [1.54, 1.807) is 18.2 Å². The van der Waals surface area contributed by atoms with Crippen molar-refractivity contribution in [2.75, 3.05) is 19.7 Å². The predicted molar refractivity (Wildman–Crippen MR) is 74.1 cm³/mol. The number of morpholine rings is 1. The molecule has 1 aliphatic rings. The maximum absolute atomic E-state index is 12.2. The summed E-state index contributed by atoms with van der Waals surface area (Å²) in [5.74, 6) is -1.24. The van der Waals surface area contributed by atoms with E-state index < -0.39 is 12.1 Å². The second-order valence-corrected chi connectivity index (χ2v) is 5.29. The second kappa shape index (κ2) is 6.43. The molecule has 0 aliphatic carbocycles. The zero-order valence-corrected chi connectivity index (χ0v) is 12.0. The third-order valence-electron chi connectivity index (χ3n) is 3.05. The van der Waals surface area contributed by atoms with Crippen LogP contribution in [0.3, 0.4) is 0 Å². The maximum atomic E-state index is 12.2. The fourth-order valence-corrected chi connectivity index (χ4v) is 2.44. The van der Waals surface area contributed by atoms with Crippen LogP contribution in [0.1, 0.15) is 5.56 Å². The summed E-state index contributed by atoms with van der Waals surface area (Å²) >= 11 is 11.8. The average Bonchev–Trinajstić information content (AvgIpc) is 2.42. The molecule has 1 heterocycles. The van der Waals surface area contributed by atoms with Crippen molar-refractivity contribution in [1.29, 1.82) is 0 Å². The van der Waals surface area contributed by atoms with Crippen LogP contribution in [0.25, 0.3) is 0 Å². The average molecular weight is 318 g/mol. The Kier molecular flexibility index (Phi) is 4.86. The van der Waals surface area contributed by atoms with Gasteiger partial charge in [-0.25, -0.2) is 4.79 Å². The van der Waals surface area contributed by atoms with Crippen LogP contribution in [-0.2, 0) is 20.7 Å². The van der Waals surface area contributed by atoms with Gasteiger partial charge in [0, 0.05) is 16.6 Å². The van der Waals surface area contributed by atoms with Crippen molar-refractivity contribution in [3.63, 3.8) is 0 Å². The van der Waals surface area contributed by atoms with Crippen molar-refractivity contribution in [3.05, 3.63) is 33.8 Å². The first kappa shape index (κ1) is 15.1. The van der Waals surface area contributed by atoms with Crippen LogP contribution in [0, 0.1) is 0 Å². The molecule has 0 aromatic heterocycles. The summed E-state index contributed by atoms with van der Waals surface area (Å²) in [4.78, 5) is 24.5. The molecule has 1 atom stereocenters. The van der Waals surface area contributed by atoms with Crippen LogP contribution in [0.4, 0.5) is 0 Å². The molecule has 1 aliphatic heterocycles. The van der Waals surface area contributed by atoms with Crippen LogP contribution in [0.5, 0.6) is 0 Å². The Labute approximate surface area is 126 Å². The molecule has 1 aromatic rings. The molecule has 5 nitrogen and oxygen atoms in total. The molecule has 0 bridgehead atoms. The number of carbonyl (C=O) groups excluding carboxylic acids is 1. The fourth-order valence-electron chi connectivity index (χ4n) is 1.96. The zero-order valence-electron chi connectivity index (χ0n) is 10.5. The van der Waals surface area contributed by atoms with E-state index in [2.05, 4.69) is 0 Å². The van der Waals surface area contributed by atoms with E-state index in [0.29, 0.717) is 22.2 Å². The third kappa shape index (κ3) is 3.62. The molecule has 1 amide bonds. The largest absolute Gasteiger partial charge is 0.479 e. The number of hydrogen-bond acceptors (Lipinski definition) is 3. The topological polar surface area (TPSA) is 66.8 Å². The minimum Gasteiger partial charge on any atom is -0.479 e. The lowest BCUT2D eigenvalue weighted by atomic mass is 10.1. The van der Waals surface area contributed by atoms with Gasteiger partial charge in [0.05, 0.1) is 19.6 Å². The lowest BCUT2D eigenvalue weighted by Crippen LogP contribution is -2.49. The number of nitrogens with zero attached hydrogens (tertiary/aromatic N) is 1. The van der Waals surface area contributed by atoms with Gasteiger partial charge in [-0.05, 0) is 17.7 Å². The summed E-state index contributed by atoms with van der Waals surface area (Å²) in [6.45, 7) is 0.657. The fraction of sp³-hybridized carbons (Fsp3) is 0.385. The number of carboxylic acids is 1. The summed E-state index contributed by atoms with van der Waals surface area (Å²) < 4.78 is 5.07. The second-order valence-electron chi connectivity index (χ2n) is 4.45. The van der Waals surface area contributed by atoms with Gasteiger partial charge in [-0.15, -0.1) is 0 Å². The van der Waals surface area contributed by atoms with Crippen LogP contribution < -0.4 is 0 Å². The van der Waals surface area contributed by atoms with Gasteiger partial charge >= 0.3 is 5.97 Å². The molecular formula is C13H13Cl2NO4.